The Kier molecular flexibility index (Phi) is 6.18. The summed E-state index contributed by atoms with van der Waals surface area (Å²) in [4.78, 5) is 4.24. The minimum Gasteiger partial charge on any atom is -0.479 e. The summed E-state index contributed by atoms with van der Waals surface area (Å²) in [7, 11) is -0.273. The molecule has 2 heterocycles. The second kappa shape index (κ2) is 8.94. The third kappa shape index (κ3) is 4.41. The Morgan fingerprint density at radius 1 is 1.03 bits per heavy atom. The molecule has 2 aromatic carbocycles. The van der Waals surface area contributed by atoms with Crippen molar-refractivity contribution in [3.63, 3.8) is 0 Å². The van der Waals surface area contributed by atoms with Crippen LogP contribution in [0.25, 0.3) is 22.0 Å². The monoisotopic (exact) mass is 487 g/mol. The van der Waals surface area contributed by atoms with Gasteiger partial charge < -0.3 is 14.0 Å². The van der Waals surface area contributed by atoms with E-state index in [4.69, 9.17) is 9.47 Å². The second-order valence-electron chi connectivity index (χ2n) is 7.95. The zero-order valence-corrected chi connectivity index (χ0v) is 19.8. The first-order valence-corrected chi connectivity index (χ1v) is 11.9. The van der Waals surface area contributed by atoms with Crippen LogP contribution in [0.3, 0.4) is 0 Å². The Morgan fingerprint density at radius 3 is 2.44 bits per heavy atom. The highest BCUT2D eigenvalue weighted by molar-refractivity contribution is 7.93. The molecule has 0 saturated carbocycles. The van der Waals surface area contributed by atoms with E-state index < -0.39 is 26.9 Å². The van der Waals surface area contributed by atoms with Gasteiger partial charge in [-0.25, -0.2) is 22.2 Å². The Balaban J connectivity index is 1.91. The van der Waals surface area contributed by atoms with Crippen LogP contribution in [0, 0.1) is 11.6 Å². The maximum absolute atomic E-state index is 14.3. The lowest BCUT2D eigenvalue weighted by Gasteiger charge is -2.15. The fourth-order valence-electron chi connectivity index (χ4n) is 3.54. The topological polar surface area (TPSA) is 82.4 Å². The molecule has 0 saturated heterocycles. The van der Waals surface area contributed by atoms with E-state index in [1.54, 1.807) is 32.2 Å². The van der Waals surface area contributed by atoms with Gasteiger partial charge in [0.1, 0.15) is 17.1 Å². The van der Waals surface area contributed by atoms with E-state index in [9.17, 15) is 17.2 Å². The predicted octanol–water partition coefficient (Wildman–Crippen LogP) is 5.47. The van der Waals surface area contributed by atoms with Gasteiger partial charge in [0, 0.05) is 47.7 Å². The van der Waals surface area contributed by atoms with E-state index in [-0.39, 0.29) is 11.5 Å². The van der Waals surface area contributed by atoms with Gasteiger partial charge >= 0.3 is 0 Å². The van der Waals surface area contributed by atoms with Crippen LogP contribution in [-0.4, -0.2) is 30.3 Å². The summed E-state index contributed by atoms with van der Waals surface area (Å²) in [6.45, 7) is 3.14. The molecule has 10 heteroatoms. The maximum Gasteiger partial charge on any atom is 0.238 e. The number of sulfonamides is 1. The number of nitrogens with one attached hydrogen (secondary N) is 1. The number of benzene rings is 2. The molecular weight excluding hydrogens is 464 g/mol. The van der Waals surface area contributed by atoms with Crippen LogP contribution in [0.15, 0.2) is 54.9 Å². The lowest BCUT2D eigenvalue weighted by Crippen LogP contribution is -2.22. The van der Waals surface area contributed by atoms with Crippen LogP contribution in [0.4, 0.5) is 14.5 Å². The first kappa shape index (κ1) is 23.5. The van der Waals surface area contributed by atoms with E-state index in [0.29, 0.717) is 28.2 Å². The average molecular weight is 488 g/mol. The quantitative estimate of drug-likeness (QED) is 0.374. The second-order valence-corrected chi connectivity index (χ2v) is 10.2. The highest BCUT2D eigenvalue weighted by atomic mass is 32.2. The van der Waals surface area contributed by atoms with Crippen LogP contribution in [-0.2, 0) is 17.1 Å². The number of pyridine rings is 1. The summed E-state index contributed by atoms with van der Waals surface area (Å²) in [5, 5.41) is 0.121. The molecule has 0 spiro atoms. The van der Waals surface area contributed by atoms with Crippen molar-refractivity contribution in [1.29, 1.82) is 0 Å². The SMILES string of the molecule is COc1nccc2c(-c3cc(NS(=O)(=O)C(C)C)ccc3Oc3ccc(F)cc3F)cn(C)c12. The number of rotatable bonds is 7. The minimum atomic E-state index is -3.61. The van der Waals surface area contributed by atoms with Gasteiger partial charge in [0.2, 0.25) is 15.9 Å². The van der Waals surface area contributed by atoms with Crippen LogP contribution >= 0.6 is 0 Å². The lowest BCUT2D eigenvalue weighted by atomic mass is 10.0. The molecule has 0 radical (unpaired) electrons. The maximum atomic E-state index is 14.3. The lowest BCUT2D eigenvalue weighted by molar-refractivity contribution is 0.401. The van der Waals surface area contributed by atoms with Gasteiger partial charge in [0.15, 0.2) is 11.6 Å². The largest absolute Gasteiger partial charge is 0.479 e. The molecule has 0 amide bonds. The number of hydrogen-bond donors (Lipinski definition) is 1. The number of aryl methyl sites for hydroxylation is 1. The van der Waals surface area contributed by atoms with Crippen molar-refractivity contribution in [2.24, 2.45) is 7.05 Å². The number of halogens is 2. The fourth-order valence-corrected chi connectivity index (χ4v) is 4.23. The van der Waals surface area contributed by atoms with Gasteiger partial charge in [-0.15, -0.1) is 0 Å². The third-order valence-corrected chi connectivity index (χ3v) is 7.08. The van der Waals surface area contributed by atoms with E-state index >= 15 is 0 Å². The smallest absolute Gasteiger partial charge is 0.238 e. The van der Waals surface area contributed by atoms with Crippen LogP contribution < -0.4 is 14.2 Å². The number of anilines is 1. The molecule has 4 aromatic rings. The third-order valence-electron chi connectivity index (χ3n) is 5.31. The summed E-state index contributed by atoms with van der Waals surface area (Å²) in [6.07, 6.45) is 3.41. The normalized spacial score (nSPS) is 11.7. The summed E-state index contributed by atoms with van der Waals surface area (Å²) in [6, 6.07) is 9.48. The molecule has 0 aliphatic heterocycles. The molecule has 34 heavy (non-hydrogen) atoms. The van der Waals surface area contributed by atoms with Crippen molar-refractivity contribution < 1.29 is 26.7 Å². The number of fused-ring (bicyclic) bond motifs is 1. The number of methoxy groups -OCH3 is 1. The zero-order valence-electron chi connectivity index (χ0n) is 19.0. The van der Waals surface area contributed by atoms with Crippen LogP contribution in [0.2, 0.25) is 0 Å². The van der Waals surface area contributed by atoms with Gasteiger partial charge in [0.25, 0.3) is 0 Å². The molecule has 0 atom stereocenters. The summed E-state index contributed by atoms with van der Waals surface area (Å²) < 4.78 is 68.2. The molecule has 2 aromatic heterocycles. The van der Waals surface area contributed by atoms with Gasteiger partial charge in [-0.05, 0) is 50.2 Å². The van der Waals surface area contributed by atoms with Gasteiger partial charge in [0.05, 0.1) is 12.4 Å². The molecule has 0 aliphatic carbocycles. The fraction of sp³-hybridized carbons (Fsp3) is 0.208. The molecule has 7 nitrogen and oxygen atoms in total. The Hall–Kier alpha value is -3.66. The highest BCUT2D eigenvalue weighted by Gasteiger charge is 2.21. The number of nitrogens with zero attached hydrogens (tertiary/aromatic N) is 2. The Morgan fingerprint density at radius 2 is 1.76 bits per heavy atom. The van der Waals surface area contributed by atoms with Crippen molar-refractivity contribution >= 4 is 26.6 Å². The van der Waals surface area contributed by atoms with Crippen molar-refractivity contribution in [2.75, 3.05) is 11.8 Å². The number of ether oxygens (including phenoxy) is 2. The standard InChI is InChI=1S/C24H23F2N3O4S/c1-14(2)34(30,31)28-16-6-8-21(33-22-7-5-15(25)11-20(22)26)18(12-16)19-13-29(3)23-17(19)9-10-27-24(23)32-4/h5-14,28H,1-4H3. The van der Waals surface area contributed by atoms with Crippen LogP contribution in [0.5, 0.6) is 17.4 Å². The number of aromatic nitrogens is 2. The van der Waals surface area contributed by atoms with Crippen LogP contribution in [0.1, 0.15) is 13.8 Å². The highest BCUT2D eigenvalue weighted by Crippen LogP contribution is 2.41. The van der Waals surface area contributed by atoms with Crippen molar-refractivity contribution in [1.82, 2.24) is 9.55 Å². The molecule has 1 N–H and O–H groups in total. The van der Waals surface area contributed by atoms with E-state index in [0.717, 1.165) is 17.5 Å². The minimum absolute atomic E-state index is 0.169. The summed E-state index contributed by atoms with van der Waals surface area (Å²) >= 11 is 0. The molecule has 0 bridgehead atoms. The van der Waals surface area contributed by atoms with E-state index in [2.05, 4.69) is 9.71 Å². The molecule has 4 rings (SSSR count). The molecular formula is C24H23F2N3O4S. The average Bonchev–Trinajstić information content (AvgIpc) is 3.13. The Bertz CT molecular complexity index is 1480. The molecule has 0 aliphatic rings. The zero-order chi connectivity index (χ0) is 24.6. The van der Waals surface area contributed by atoms with Crippen molar-refractivity contribution in [3.05, 3.63) is 66.5 Å². The number of hydrogen-bond acceptors (Lipinski definition) is 5. The Labute approximate surface area is 196 Å². The van der Waals surface area contributed by atoms with Gasteiger partial charge in [-0.1, -0.05) is 0 Å². The first-order chi connectivity index (χ1) is 16.1. The van der Waals surface area contributed by atoms with Gasteiger partial charge in [-0.2, -0.15) is 0 Å². The molecule has 0 fully saturated rings. The molecule has 178 valence electrons. The summed E-state index contributed by atoms with van der Waals surface area (Å²) in [5.41, 5.74) is 2.20. The van der Waals surface area contributed by atoms with Gasteiger partial charge in [-0.3, -0.25) is 4.72 Å². The summed E-state index contributed by atoms with van der Waals surface area (Å²) in [5.74, 6) is -1.09. The predicted molar refractivity (Wildman–Crippen MR) is 127 cm³/mol. The van der Waals surface area contributed by atoms with E-state index in [1.807, 2.05) is 17.8 Å². The molecule has 0 unspecified atom stereocenters. The first-order valence-electron chi connectivity index (χ1n) is 10.4. The van der Waals surface area contributed by atoms with E-state index in [1.165, 1.54) is 25.3 Å². The van der Waals surface area contributed by atoms with Crippen molar-refractivity contribution in [3.8, 4) is 28.5 Å². The van der Waals surface area contributed by atoms with Crippen molar-refractivity contribution in [2.45, 2.75) is 19.1 Å².